The van der Waals surface area contributed by atoms with Crippen molar-refractivity contribution >= 4 is 5.65 Å². The maximum absolute atomic E-state index is 13.0. The Bertz CT molecular complexity index is 1260. The summed E-state index contributed by atoms with van der Waals surface area (Å²) >= 11 is 0. The lowest BCUT2D eigenvalue weighted by Crippen LogP contribution is -2.22. The molecule has 6 nitrogen and oxygen atoms in total. The summed E-state index contributed by atoms with van der Waals surface area (Å²) < 4.78 is 7.20. The average molecular weight is 384 g/mol. The van der Waals surface area contributed by atoms with Crippen LogP contribution in [-0.4, -0.2) is 14.6 Å². The third kappa shape index (κ3) is 3.50. The molecule has 4 aromatic rings. The van der Waals surface area contributed by atoms with Crippen molar-refractivity contribution < 1.29 is 4.74 Å². The minimum absolute atomic E-state index is 0.0261. The SMILES string of the molecule is CC(C)c1c(-c2cccc(OCc3ccccc3)c2)[nH]c2c(C#N)cnn2c1=O. The predicted octanol–water partition coefficient (Wildman–Crippen LogP) is 4.26. The number of hydrogen-bond acceptors (Lipinski definition) is 4. The van der Waals surface area contributed by atoms with Crippen molar-refractivity contribution in [3.63, 3.8) is 0 Å². The summed E-state index contributed by atoms with van der Waals surface area (Å²) in [5.41, 5.74) is 3.70. The Balaban J connectivity index is 1.79. The number of H-pyrrole nitrogens is 1. The van der Waals surface area contributed by atoms with Crippen molar-refractivity contribution in [2.75, 3.05) is 0 Å². The van der Waals surface area contributed by atoms with E-state index in [-0.39, 0.29) is 11.5 Å². The van der Waals surface area contributed by atoms with Gasteiger partial charge in [-0.05, 0) is 23.6 Å². The Morgan fingerprint density at radius 1 is 1.17 bits per heavy atom. The largest absolute Gasteiger partial charge is 0.489 e. The summed E-state index contributed by atoms with van der Waals surface area (Å²) in [6.45, 7) is 4.38. The molecule has 0 atom stereocenters. The van der Waals surface area contributed by atoms with E-state index in [0.29, 0.717) is 34.8 Å². The van der Waals surface area contributed by atoms with Crippen molar-refractivity contribution in [2.24, 2.45) is 0 Å². The van der Waals surface area contributed by atoms with Gasteiger partial charge in [-0.1, -0.05) is 56.3 Å². The van der Waals surface area contributed by atoms with Crippen LogP contribution < -0.4 is 10.3 Å². The Labute approximate surface area is 168 Å². The first-order chi connectivity index (χ1) is 14.1. The highest BCUT2D eigenvalue weighted by atomic mass is 16.5. The molecule has 144 valence electrons. The number of aromatic amines is 1. The van der Waals surface area contributed by atoms with Crippen LogP contribution in [0, 0.1) is 11.3 Å². The van der Waals surface area contributed by atoms with Gasteiger partial charge in [-0.15, -0.1) is 0 Å². The minimum Gasteiger partial charge on any atom is -0.489 e. The lowest BCUT2D eigenvalue weighted by atomic mass is 9.98. The van der Waals surface area contributed by atoms with Crippen LogP contribution in [0.25, 0.3) is 16.9 Å². The molecule has 2 aromatic carbocycles. The summed E-state index contributed by atoms with van der Waals surface area (Å²) in [4.78, 5) is 16.3. The zero-order chi connectivity index (χ0) is 20.4. The standard InChI is InChI=1S/C23H20N4O2/c1-15(2)20-21(26-22-18(12-24)13-25-27(22)23(20)28)17-9-6-10-19(11-17)29-14-16-7-4-3-5-8-16/h3-11,13,15,26H,14H2,1-2H3. The predicted molar refractivity (Wildman–Crippen MR) is 111 cm³/mol. The van der Waals surface area contributed by atoms with Crippen LogP contribution in [0.1, 0.15) is 36.5 Å². The molecule has 0 bridgehead atoms. The van der Waals surface area contributed by atoms with E-state index < -0.39 is 0 Å². The molecular weight excluding hydrogens is 364 g/mol. The third-order valence-corrected chi connectivity index (χ3v) is 4.77. The Morgan fingerprint density at radius 2 is 1.97 bits per heavy atom. The molecule has 6 heteroatoms. The van der Waals surface area contributed by atoms with Crippen LogP contribution in [0.3, 0.4) is 0 Å². The molecule has 0 fully saturated rings. The third-order valence-electron chi connectivity index (χ3n) is 4.77. The van der Waals surface area contributed by atoms with E-state index >= 15 is 0 Å². The lowest BCUT2D eigenvalue weighted by Gasteiger charge is -2.14. The van der Waals surface area contributed by atoms with Crippen LogP contribution in [0.2, 0.25) is 0 Å². The molecule has 0 saturated carbocycles. The van der Waals surface area contributed by atoms with E-state index in [1.807, 2.05) is 68.4 Å². The number of aromatic nitrogens is 3. The fourth-order valence-corrected chi connectivity index (χ4v) is 3.36. The van der Waals surface area contributed by atoms with E-state index in [0.717, 1.165) is 11.1 Å². The first-order valence-corrected chi connectivity index (χ1v) is 9.39. The summed E-state index contributed by atoms with van der Waals surface area (Å²) in [5, 5.41) is 13.4. The summed E-state index contributed by atoms with van der Waals surface area (Å²) in [6.07, 6.45) is 1.40. The van der Waals surface area contributed by atoms with Crippen molar-refractivity contribution in [3.05, 3.63) is 87.8 Å². The van der Waals surface area contributed by atoms with Gasteiger partial charge in [0.25, 0.3) is 5.56 Å². The van der Waals surface area contributed by atoms with Crippen molar-refractivity contribution in [2.45, 2.75) is 26.4 Å². The van der Waals surface area contributed by atoms with Gasteiger partial charge in [0.1, 0.15) is 24.0 Å². The molecule has 0 spiro atoms. The van der Waals surface area contributed by atoms with Crippen LogP contribution in [-0.2, 0) is 6.61 Å². The van der Waals surface area contributed by atoms with E-state index in [1.165, 1.54) is 10.7 Å². The highest BCUT2D eigenvalue weighted by Crippen LogP contribution is 2.29. The number of rotatable bonds is 5. The van der Waals surface area contributed by atoms with Crippen molar-refractivity contribution in [1.82, 2.24) is 14.6 Å². The van der Waals surface area contributed by atoms with Crippen molar-refractivity contribution in [1.29, 1.82) is 5.26 Å². The second kappa shape index (κ2) is 7.64. The van der Waals surface area contributed by atoms with Gasteiger partial charge >= 0.3 is 0 Å². The van der Waals surface area contributed by atoms with Crippen LogP contribution in [0.15, 0.2) is 65.6 Å². The molecule has 0 aliphatic heterocycles. The Hall–Kier alpha value is -3.85. The highest BCUT2D eigenvalue weighted by Gasteiger charge is 2.19. The van der Waals surface area contributed by atoms with E-state index in [9.17, 15) is 10.1 Å². The molecule has 0 saturated heterocycles. The van der Waals surface area contributed by atoms with Gasteiger partial charge in [0.2, 0.25) is 0 Å². The zero-order valence-electron chi connectivity index (χ0n) is 16.2. The molecule has 0 unspecified atom stereocenters. The second-order valence-electron chi connectivity index (χ2n) is 7.11. The molecule has 0 aliphatic rings. The van der Waals surface area contributed by atoms with Crippen LogP contribution >= 0.6 is 0 Å². The van der Waals surface area contributed by atoms with Gasteiger partial charge in [-0.3, -0.25) is 4.79 Å². The number of ether oxygens (including phenoxy) is 1. The van der Waals surface area contributed by atoms with E-state index in [1.54, 1.807) is 0 Å². The summed E-state index contributed by atoms with van der Waals surface area (Å²) in [5.74, 6) is 0.678. The molecule has 4 rings (SSSR count). The van der Waals surface area contributed by atoms with Crippen LogP contribution in [0.4, 0.5) is 0 Å². The van der Waals surface area contributed by atoms with Gasteiger partial charge < -0.3 is 9.72 Å². The number of fused-ring (bicyclic) bond motifs is 1. The first-order valence-electron chi connectivity index (χ1n) is 9.39. The van der Waals surface area contributed by atoms with Gasteiger partial charge in [-0.25, -0.2) is 0 Å². The first kappa shape index (κ1) is 18.5. The zero-order valence-corrected chi connectivity index (χ0v) is 16.2. The van der Waals surface area contributed by atoms with Gasteiger partial charge in [0.15, 0.2) is 5.65 Å². The number of nitriles is 1. The fraction of sp³-hybridized carbons (Fsp3) is 0.174. The smallest absolute Gasteiger partial charge is 0.278 e. The average Bonchev–Trinajstić information content (AvgIpc) is 3.16. The summed E-state index contributed by atoms with van der Waals surface area (Å²) in [7, 11) is 0. The molecule has 0 aliphatic carbocycles. The van der Waals surface area contributed by atoms with E-state index in [4.69, 9.17) is 4.74 Å². The molecule has 29 heavy (non-hydrogen) atoms. The normalized spacial score (nSPS) is 11.0. The molecule has 0 radical (unpaired) electrons. The number of hydrogen-bond donors (Lipinski definition) is 1. The Morgan fingerprint density at radius 3 is 2.69 bits per heavy atom. The second-order valence-corrected chi connectivity index (χ2v) is 7.11. The topological polar surface area (TPSA) is 83.2 Å². The van der Waals surface area contributed by atoms with Gasteiger partial charge in [0, 0.05) is 11.1 Å². The maximum Gasteiger partial charge on any atom is 0.278 e. The maximum atomic E-state index is 13.0. The molecule has 1 N–H and O–H groups in total. The monoisotopic (exact) mass is 384 g/mol. The summed E-state index contributed by atoms with van der Waals surface area (Å²) in [6, 6.07) is 19.6. The molecular formula is C23H20N4O2. The van der Waals surface area contributed by atoms with Crippen molar-refractivity contribution in [3.8, 4) is 23.1 Å². The number of nitrogens with one attached hydrogen (secondary N) is 1. The van der Waals surface area contributed by atoms with E-state index in [2.05, 4.69) is 16.2 Å². The Kier molecular flexibility index (Phi) is 4.88. The van der Waals surface area contributed by atoms with Gasteiger partial charge in [0.05, 0.1) is 11.9 Å². The fourth-order valence-electron chi connectivity index (χ4n) is 3.36. The number of nitrogens with zero attached hydrogens (tertiary/aromatic N) is 3. The molecule has 2 aromatic heterocycles. The van der Waals surface area contributed by atoms with Crippen LogP contribution in [0.5, 0.6) is 5.75 Å². The number of benzene rings is 2. The molecule has 0 amide bonds. The molecule has 2 heterocycles. The highest BCUT2D eigenvalue weighted by molar-refractivity contribution is 5.69. The quantitative estimate of drug-likeness (QED) is 0.557. The minimum atomic E-state index is -0.221. The van der Waals surface area contributed by atoms with Gasteiger partial charge in [-0.2, -0.15) is 14.9 Å². The lowest BCUT2D eigenvalue weighted by molar-refractivity contribution is 0.306.